The third-order valence-corrected chi connectivity index (χ3v) is 3.49. The van der Waals surface area contributed by atoms with Gasteiger partial charge in [0.05, 0.1) is 15.9 Å². The van der Waals surface area contributed by atoms with Gasteiger partial charge in [-0.1, -0.05) is 15.9 Å². The first-order valence-corrected chi connectivity index (χ1v) is 7.00. The van der Waals surface area contributed by atoms with Gasteiger partial charge in [-0.05, 0) is 34.1 Å². The molecule has 1 aromatic rings. The van der Waals surface area contributed by atoms with Crippen LogP contribution in [-0.4, -0.2) is 42.9 Å². The maximum atomic E-state index is 13.1. The number of carbonyl (C=O) groups is 1. The summed E-state index contributed by atoms with van der Waals surface area (Å²) in [6.07, 6.45) is 0. The Morgan fingerprint density at radius 2 is 2.22 bits per heavy atom. The smallest absolute Gasteiger partial charge is 0.253 e. The Labute approximate surface area is 123 Å². The average Bonchev–Trinajstić information content (AvgIpc) is 2.32. The van der Waals surface area contributed by atoms with Gasteiger partial charge in [0.15, 0.2) is 0 Å². The minimum absolute atomic E-state index is 0.0698. The lowest BCUT2D eigenvalue weighted by molar-refractivity contribution is 0.0784. The molecule has 0 bridgehead atoms. The van der Waals surface area contributed by atoms with Crippen LogP contribution in [0.5, 0.6) is 0 Å². The quantitative estimate of drug-likeness (QED) is 0.732. The van der Waals surface area contributed by atoms with Crippen LogP contribution in [0, 0.1) is 5.82 Å². The average molecular weight is 383 g/mol. The molecule has 0 N–H and O–H groups in total. The molecule has 0 heterocycles. The van der Waals surface area contributed by atoms with E-state index in [4.69, 9.17) is 4.74 Å². The van der Waals surface area contributed by atoms with Crippen molar-refractivity contribution in [2.45, 2.75) is 4.83 Å². The summed E-state index contributed by atoms with van der Waals surface area (Å²) in [5.41, 5.74) is 0.447. The zero-order chi connectivity index (χ0) is 13.7. The maximum Gasteiger partial charge on any atom is 0.253 e. The van der Waals surface area contributed by atoms with Gasteiger partial charge in [0.1, 0.15) is 5.82 Å². The van der Waals surface area contributed by atoms with E-state index in [-0.39, 0.29) is 21.0 Å². The van der Waals surface area contributed by atoms with Crippen molar-refractivity contribution in [3.05, 3.63) is 34.1 Å². The lowest BCUT2D eigenvalue weighted by Gasteiger charge is -2.20. The van der Waals surface area contributed by atoms with E-state index >= 15 is 0 Å². The van der Waals surface area contributed by atoms with Gasteiger partial charge in [-0.15, -0.1) is 0 Å². The summed E-state index contributed by atoms with van der Waals surface area (Å²) in [6.45, 7) is 1.03. The zero-order valence-electron chi connectivity index (χ0n) is 10.1. The largest absolute Gasteiger partial charge is 0.383 e. The number of alkyl halides is 1. The monoisotopic (exact) mass is 381 g/mol. The number of amides is 1. The van der Waals surface area contributed by atoms with Crippen molar-refractivity contribution in [3.63, 3.8) is 0 Å². The van der Waals surface area contributed by atoms with Crippen LogP contribution >= 0.6 is 31.9 Å². The van der Waals surface area contributed by atoms with Gasteiger partial charge in [0.25, 0.3) is 5.91 Å². The number of rotatable bonds is 5. The van der Waals surface area contributed by atoms with Crippen molar-refractivity contribution in [1.29, 1.82) is 0 Å². The molecule has 0 saturated carbocycles. The number of carbonyl (C=O) groups excluding carboxylic acids is 1. The summed E-state index contributed by atoms with van der Waals surface area (Å²) in [6, 6.07) is 4.22. The predicted molar refractivity (Wildman–Crippen MR) is 75.7 cm³/mol. The van der Waals surface area contributed by atoms with Crippen molar-refractivity contribution >= 4 is 37.8 Å². The maximum absolute atomic E-state index is 13.1. The first kappa shape index (κ1) is 15.6. The molecule has 1 unspecified atom stereocenters. The van der Waals surface area contributed by atoms with E-state index in [1.807, 2.05) is 0 Å². The summed E-state index contributed by atoms with van der Waals surface area (Å²) in [4.78, 5) is 13.7. The lowest BCUT2D eigenvalue weighted by atomic mass is 10.2. The fourth-order valence-corrected chi connectivity index (χ4v) is 2.54. The topological polar surface area (TPSA) is 29.5 Å². The molecule has 0 fully saturated rings. The normalized spacial score (nSPS) is 12.3. The van der Waals surface area contributed by atoms with Crippen LogP contribution in [0.2, 0.25) is 0 Å². The van der Waals surface area contributed by atoms with Crippen LogP contribution in [0.4, 0.5) is 4.39 Å². The summed E-state index contributed by atoms with van der Waals surface area (Å²) in [7, 11) is 3.30. The molecule has 3 nitrogen and oxygen atoms in total. The van der Waals surface area contributed by atoms with Gasteiger partial charge in [0, 0.05) is 26.3 Å². The summed E-state index contributed by atoms with van der Waals surface area (Å²) < 4.78 is 18.3. The second-order valence-electron chi connectivity index (χ2n) is 3.87. The first-order chi connectivity index (χ1) is 8.45. The van der Waals surface area contributed by atoms with Crippen LogP contribution in [-0.2, 0) is 4.74 Å². The van der Waals surface area contributed by atoms with E-state index in [0.29, 0.717) is 18.7 Å². The molecule has 1 rings (SSSR count). The number of hydrogen-bond acceptors (Lipinski definition) is 2. The third-order valence-electron chi connectivity index (χ3n) is 2.33. The van der Waals surface area contributed by atoms with Crippen LogP contribution in [0.1, 0.15) is 10.4 Å². The van der Waals surface area contributed by atoms with Crippen LogP contribution in [0.3, 0.4) is 0 Å². The van der Waals surface area contributed by atoms with Gasteiger partial charge in [-0.3, -0.25) is 4.79 Å². The molecule has 0 radical (unpaired) electrons. The van der Waals surface area contributed by atoms with Gasteiger partial charge in [0.2, 0.25) is 0 Å². The van der Waals surface area contributed by atoms with E-state index in [0.717, 1.165) is 0 Å². The summed E-state index contributed by atoms with van der Waals surface area (Å²) in [5, 5.41) is 0. The minimum Gasteiger partial charge on any atom is -0.383 e. The highest BCUT2D eigenvalue weighted by atomic mass is 79.9. The first-order valence-electron chi connectivity index (χ1n) is 5.29. The Balaban J connectivity index is 2.71. The highest BCUT2D eigenvalue weighted by Crippen LogP contribution is 2.18. The van der Waals surface area contributed by atoms with Crippen molar-refractivity contribution < 1.29 is 13.9 Å². The molecule has 0 saturated heterocycles. The Morgan fingerprint density at radius 3 is 2.78 bits per heavy atom. The number of methoxy groups -OCH3 is 1. The van der Waals surface area contributed by atoms with Crippen molar-refractivity contribution in [3.8, 4) is 0 Å². The number of ether oxygens (including phenoxy) is 1. The Morgan fingerprint density at radius 1 is 1.56 bits per heavy atom. The fraction of sp³-hybridized carbons (Fsp3) is 0.417. The van der Waals surface area contributed by atoms with Gasteiger partial charge >= 0.3 is 0 Å². The molecule has 1 atom stereocenters. The molecule has 0 aliphatic rings. The minimum atomic E-state index is -0.382. The van der Waals surface area contributed by atoms with Gasteiger partial charge in [-0.2, -0.15) is 0 Å². The Hall–Kier alpha value is -0.460. The molecule has 18 heavy (non-hydrogen) atoms. The van der Waals surface area contributed by atoms with E-state index in [9.17, 15) is 9.18 Å². The highest BCUT2D eigenvalue weighted by molar-refractivity contribution is 9.10. The predicted octanol–water partition coefficient (Wildman–Crippen LogP) is 3.07. The molecular weight excluding hydrogens is 369 g/mol. The van der Waals surface area contributed by atoms with E-state index in [2.05, 4.69) is 31.9 Å². The SMILES string of the molecule is COCC(Br)CN(C)C(=O)c1ccc(F)c(Br)c1. The van der Waals surface area contributed by atoms with Crippen molar-refractivity contribution in [2.75, 3.05) is 27.3 Å². The van der Waals surface area contributed by atoms with Crippen molar-refractivity contribution in [2.24, 2.45) is 0 Å². The number of halogens is 3. The fourth-order valence-electron chi connectivity index (χ4n) is 1.46. The molecule has 1 amide bonds. The Bertz CT molecular complexity index is 429. The van der Waals surface area contributed by atoms with Gasteiger partial charge in [-0.25, -0.2) is 4.39 Å². The number of benzene rings is 1. The molecule has 0 spiro atoms. The third kappa shape index (κ3) is 4.33. The standard InChI is InChI=1S/C12H14Br2FNO2/c1-16(6-9(13)7-18-2)12(17)8-3-4-11(15)10(14)5-8/h3-5,9H,6-7H2,1-2H3. The van der Waals surface area contributed by atoms with Crippen molar-refractivity contribution in [1.82, 2.24) is 4.90 Å². The zero-order valence-corrected chi connectivity index (χ0v) is 13.3. The molecule has 100 valence electrons. The van der Waals surface area contributed by atoms with Gasteiger partial charge < -0.3 is 9.64 Å². The molecule has 0 aromatic heterocycles. The molecule has 0 aliphatic heterocycles. The van der Waals surface area contributed by atoms with Crippen LogP contribution in [0.15, 0.2) is 22.7 Å². The molecule has 1 aromatic carbocycles. The lowest BCUT2D eigenvalue weighted by Crippen LogP contribution is -2.33. The second kappa shape index (κ2) is 7.21. The summed E-state index contributed by atoms with van der Waals surface area (Å²) in [5.74, 6) is -0.539. The molecular formula is C12H14Br2FNO2. The molecule has 6 heteroatoms. The second-order valence-corrected chi connectivity index (χ2v) is 6.02. The van der Waals surface area contributed by atoms with E-state index in [1.165, 1.54) is 18.2 Å². The van der Waals surface area contributed by atoms with Crippen LogP contribution in [0.25, 0.3) is 0 Å². The highest BCUT2D eigenvalue weighted by Gasteiger charge is 2.16. The number of hydrogen-bond donors (Lipinski definition) is 0. The molecule has 0 aliphatic carbocycles. The summed E-state index contributed by atoms with van der Waals surface area (Å²) >= 11 is 6.48. The Kier molecular flexibility index (Phi) is 6.25. The number of nitrogens with zero attached hydrogens (tertiary/aromatic N) is 1. The van der Waals surface area contributed by atoms with Crippen LogP contribution < -0.4 is 0 Å². The van der Waals surface area contributed by atoms with E-state index < -0.39 is 0 Å². The van der Waals surface area contributed by atoms with E-state index in [1.54, 1.807) is 19.1 Å².